The maximum absolute atomic E-state index is 12.2. The van der Waals surface area contributed by atoms with Crippen LogP contribution in [0.3, 0.4) is 0 Å². The van der Waals surface area contributed by atoms with Crippen LogP contribution in [0.2, 0.25) is 0 Å². The molecule has 2 aromatic rings. The Hall–Kier alpha value is -2.02. The minimum atomic E-state index is -0.158. The van der Waals surface area contributed by atoms with Crippen LogP contribution in [-0.4, -0.2) is 27.3 Å². The summed E-state index contributed by atoms with van der Waals surface area (Å²) in [6.07, 6.45) is 1.96. The number of carbonyl (C=O) groups is 1. The van der Waals surface area contributed by atoms with E-state index in [-0.39, 0.29) is 5.91 Å². The summed E-state index contributed by atoms with van der Waals surface area (Å²) in [6.45, 7) is 0.957. The molecule has 0 unspecified atom stereocenters. The van der Waals surface area contributed by atoms with Gasteiger partial charge in [-0.05, 0) is 35.8 Å². The van der Waals surface area contributed by atoms with Gasteiger partial charge in [-0.15, -0.1) is 0 Å². The average Bonchev–Trinajstić information content (AvgIpc) is 2.91. The van der Waals surface area contributed by atoms with E-state index in [2.05, 4.69) is 25.4 Å². The van der Waals surface area contributed by atoms with Gasteiger partial charge in [0.15, 0.2) is 0 Å². The zero-order chi connectivity index (χ0) is 12.4. The highest BCUT2D eigenvalue weighted by Gasteiger charge is 2.18. The summed E-state index contributed by atoms with van der Waals surface area (Å²) in [7, 11) is 0. The number of aromatic nitrogens is 3. The lowest BCUT2D eigenvalue weighted by molar-refractivity contribution is 0.102. The van der Waals surface area contributed by atoms with Gasteiger partial charge in [-0.1, -0.05) is 15.7 Å². The van der Waals surface area contributed by atoms with Gasteiger partial charge in [-0.3, -0.25) is 10.1 Å². The fourth-order valence-corrected chi connectivity index (χ4v) is 2.43. The zero-order valence-corrected chi connectivity index (χ0v) is 10.3. The first-order chi connectivity index (χ1) is 8.84. The Labute approximate surface area is 108 Å². The molecule has 2 N–H and O–H groups in total. The monoisotopic (exact) mass is 261 g/mol. The first-order valence-corrected chi connectivity index (χ1v) is 6.44. The highest BCUT2D eigenvalue weighted by Crippen LogP contribution is 2.25. The molecule has 1 aliphatic rings. The lowest BCUT2D eigenvalue weighted by atomic mass is 9.97. The fraction of sp³-hybridized carbons (Fsp3) is 0.273. The second-order valence-electron chi connectivity index (χ2n) is 3.98. The Balaban J connectivity index is 1.89. The molecule has 6 nitrogen and oxygen atoms in total. The van der Waals surface area contributed by atoms with E-state index in [4.69, 9.17) is 0 Å². The molecule has 0 saturated carbocycles. The van der Waals surface area contributed by atoms with Crippen LogP contribution in [0.15, 0.2) is 18.2 Å². The van der Waals surface area contributed by atoms with Crippen molar-refractivity contribution >= 4 is 28.3 Å². The molecule has 1 amide bonds. The minimum Gasteiger partial charge on any atom is -0.385 e. The molecule has 1 aromatic carbocycles. The minimum absolute atomic E-state index is 0.158. The summed E-state index contributed by atoms with van der Waals surface area (Å²) in [5.41, 5.74) is 2.80. The molecule has 92 valence electrons. The molecule has 0 bridgehead atoms. The predicted molar refractivity (Wildman–Crippen MR) is 68.9 cm³/mol. The molecular formula is C11H11N5OS. The highest BCUT2D eigenvalue weighted by atomic mass is 32.1. The van der Waals surface area contributed by atoms with Crippen molar-refractivity contribution in [3.8, 4) is 0 Å². The molecule has 1 aromatic heterocycles. The number of hydrogen-bond donors (Lipinski definition) is 2. The number of nitrogens with one attached hydrogen (secondary N) is 2. The van der Waals surface area contributed by atoms with Gasteiger partial charge >= 0.3 is 0 Å². The Kier molecular flexibility index (Phi) is 2.89. The maximum Gasteiger partial charge on any atom is 0.257 e. The van der Waals surface area contributed by atoms with Crippen molar-refractivity contribution in [2.75, 3.05) is 17.2 Å². The normalized spacial score (nSPS) is 13.6. The van der Waals surface area contributed by atoms with Gasteiger partial charge in [0.2, 0.25) is 5.13 Å². The first kappa shape index (κ1) is 11.1. The van der Waals surface area contributed by atoms with Gasteiger partial charge in [-0.25, -0.2) is 0 Å². The first-order valence-electron chi connectivity index (χ1n) is 5.67. The van der Waals surface area contributed by atoms with Crippen molar-refractivity contribution in [1.29, 1.82) is 0 Å². The van der Waals surface area contributed by atoms with Crippen LogP contribution in [-0.2, 0) is 6.42 Å². The molecule has 0 radical (unpaired) electrons. The lowest BCUT2D eigenvalue weighted by Gasteiger charge is -2.20. The fourth-order valence-electron chi connectivity index (χ4n) is 2.07. The molecule has 18 heavy (non-hydrogen) atoms. The summed E-state index contributed by atoms with van der Waals surface area (Å²) < 4.78 is 3.61. The van der Waals surface area contributed by atoms with E-state index in [9.17, 15) is 4.79 Å². The van der Waals surface area contributed by atoms with Crippen LogP contribution in [0.4, 0.5) is 10.8 Å². The quantitative estimate of drug-likeness (QED) is 0.857. The standard InChI is InChI=1S/C11H11N5OS/c17-10(13-11-14-15-16-18-11)8-3-1-5-9-7(8)4-2-6-12-9/h1,3,5,12H,2,4,6H2,(H,13,14,16,17). The van der Waals surface area contributed by atoms with Crippen molar-refractivity contribution < 1.29 is 4.79 Å². The summed E-state index contributed by atoms with van der Waals surface area (Å²) in [5.74, 6) is -0.158. The van der Waals surface area contributed by atoms with E-state index in [0.717, 1.165) is 42.2 Å². The maximum atomic E-state index is 12.2. The third-order valence-electron chi connectivity index (χ3n) is 2.86. The largest absolute Gasteiger partial charge is 0.385 e. The van der Waals surface area contributed by atoms with E-state index in [1.54, 1.807) is 0 Å². The van der Waals surface area contributed by atoms with Crippen LogP contribution in [0, 0.1) is 0 Å². The van der Waals surface area contributed by atoms with Crippen molar-refractivity contribution in [2.45, 2.75) is 12.8 Å². The molecule has 0 fully saturated rings. The predicted octanol–water partition coefficient (Wildman–Crippen LogP) is 1.54. The number of nitrogens with zero attached hydrogens (tertiary/aromatic N) is 3. The molecule has 0 spiro atoms. The third-order valence-corrected chi connectivity index (χ3v) is 3.37. The Morgan fingerprint density at radius 1 is 1.44 bits per heavy atom. The zero-order valence-electron chi connectivity index (χ0n) is 9.51. The molecular weight excluding hydrogens is 250 g/mol. The van der Waals surface area contributed by atoms with Crippen molar-refractivity contribution in [3.05, 3.63) is 29.3 Å². The molecule has 0 atom stereocenters. The van der Waals surface area contributed by atoms with E-state index in [1.807, 2.05) is 18.2 Å². The number of carbonyl (C=O) groups excluding carboxylic acids is 1. The summed E-state index contributed by atoms with van der Waals surface area (Å²) in [4.78, 5) is 12.2. The lowest BCUT2D eigenvalue weighted by Crippen LogP contribution is -2.19. The van der Waals surface area contributed by atoms with E-state index in [0.29, 0.717) is 10.7 Å². The topological polar surface area (TPSA) is 79.8 Å². The van der Waals surface area contributed by atoms with Crippen LogP contribution >= 0.6 is 11.5 Å². The van der Waals surface area contributed by atoms with Crippen molar-refractivity contribution in [3.63, 3.8) is 0 Å². The van der Waals surface area contributed by atoms with Gasteiger partial charge < -0.3 is 5.32 Å². The van der Waals surface area contributed by atoms with Crippen molar-refractivity contribution in [2.24, 2.45) is 0 Å². The van der Waals surface area contributed by atoms with Gasteiger partial charge in [0.1, 0.15) is 0 Å². The molecule has 3 rings (SSSR count). The van der Waals surface area contributed by atoms with Gasteiger partial charge in [-0.2, -0.15) is 0 Å². The third kappa shape index (κ3) is 2.04. The van der Waals surface area contributed by atoms with Gasteiger partial charge in [0, 0.05) is 29.3 Å². The Bertz CT molecular complexity index is 569. The van der Waals surface area contributed by atoms with Crippen LogP contribution in [0.25, 0.3) is 0 Å². The number of hydrogen-bond acceptors (Lipinski definition) is 6. The number of fused-ring (bicyclic) bond motifs is 1. The SMILES string of the molecule is O=C(Nc1nnns1)c1cccc2c1CCCN2. The van der Waals surface area contributed by atoms with E-state index >= 15 is 0 Å². The molecule has 1 aliphatic heterocycles. The van der Waals surface area contributed by atoms with E-state index in [1.165, 1.54) is 0 Å². The smallest absolute Gasteiger partial charge is 0.257 e. The molecule has 2 heterocycles. The van der Waals surface area contributed by atoms with Crippen LogP contribution < -0.4 is 10.6 Å². The second-order valence-corrected chi connectivity index (χ2v) is 4.72. The highest BCUT2D eigenvalue weighted by molar-refractivity contribution is 7.09. The number of amides is 1. The number of rotatable bonds is 2. The number of anilines is 2. The molecule has 0 saturated heterocycles. The number of benzene rings is 1. The van der Waals surface area contributed by atoms with Gasteiger partial charge in [0.25, 0.3) is 5.91 Å². The van der Waals surface area contributed by atoms with Crippen LogP contribution in [0.5, 0.6) is 0 Å². The molecule has 7 heteroatoms. The summed E-state index contributed by atoms with van der Waals surface area (Å²) >= 11 is 1.06. The second kappa shape index (κ2) is 4.69. The summed E-state index contributed by atoms with van der Waals surface area (Å²) in [5, 5.41) is 13.6. The average molecular weight is 261 g/mol. The van der Waals surface area contributed by atoms with Crippen molar-refractivity contribution in [1.82, 2.24) is 14.8 Å². The Morgan fingerprint density at radius 3 is 3.22 bits per heavy atom. The van der Waals surface area contributed by atoms with Crippen LogP contribution in [0.1, 0.15) is 22.3 Å². The summed E-state index contributed by atoms with van der Waals surface area (Å²) in [6, 6.07) is 5.71. The molecule has 0 aliphatic carbocycles. The van der Waals surface area contributed by atoms with E-state index < -0.39 is 0 Å². The Morgan fingerprint density at radius 2 is 2.39 bits per heavy atom. The van der Waals surface area contributed by atoms with Gasteiger partial charge in [0.05, 0.1) is 0 Å².